The third-order valence-corrected chi connectivity index (χ3v) is 3.41. The number of amides is 1. The van der Waals surface area contributed by atoms with Gasteiger partial charge < -0.3 is 14.6 Å². The largest absolute Gasteiger partial charge is 0.464 e. The van der Waals surface area contributed by atoms with Crippen molar-refractivity contribution in [2.24, 2.45) is 0 Å². The summed E-state index contributed by atoms with van der Waals surface area (Å²) in [6.45, 7) is 0.728. The Balaban J connectivity index is 2.46. The third kappa shape index (κ3) is 2.17. The highest BCUT2D eigenvalue weighted by Gasteiger charge is 2.51. The van der Waals surface area contributed by atoms with Gasteiger partial charge in [0.05, 0.1) is 12.3 Å². The van der Waals surface area contributed by atoms with Gasteiger partial charge in [-0.2, -0.15) is 0 Å². The molecule has 1 atom stereocenters. The zero-order valence-electron chi connectivity index (χ0n) is 11.5. The maximum Gasteiger partial charge on any atom is 0.302 e. The van der Waals surface area contributed by atoms with Crippen LogP contribution in [-0.2, 0) is 24.5 Å². The molecule has 0 radical (unpaired) electrons. The lowest BCUT2D eigenvalue weighted by Crippen LogP contribution is -2.47. The number of aliphatic hydroxyl groups excluding tert-OH is 1. The van der Waals surface area contributed by atoms with Crippen LogP contribution in [0, 0.1) is 0 Å². The standard InChI is InChI=1S/C14H17NO5/c1-10(17)20-8-14(7-16)11-5-3-4-6-12(11)15(9-19-2)13(14)18/h3-6,16H,7-9H2,1-2H3. The summed E-state index contributed by atoms with van der Waals surface area (Å²) in [6, 6.07) is 7.11. The first kappa shape index (κ1) is 14.5. The summed E-state index contributed by atoms with van der Waals surface area (Å²) in [6.07, 6.45) is 0. The predicted octanol–water partition coefficient (Wildman–Crippen LogP) is 0.430. The molecule has 1 amide bonds. The first-order valence-electron chi connectivity index (χ1n) is 6.21. The summed E-state index contributed by atoms with van der Waals surface area (Å²) in [5.74, 6) is -0.822. The van der Waals surface area contributed by atoms with Gasteiger partial charge in [-0.15, -0.1) is 0 Å². The van der Waals surface area contributed by atoms with E-state index in [1.807, 2.05) is 0 Å². The number of aliphatic hydroxyl groups is 1. The minimum Gasteiger partial charge on any atom is -0.464 e. The number of hydrogen-bond acceptors (Lipinski definition) is 5. The van der Waals surface area contributed by atoms with Crippen LogP contribution in [-0.4, -0.2) is 44.0 Å². The van der Waals surface area contributed by atoms with Crippen molar-refractivity contribution in [2.75, 3.05) is 32.0 Å². The van der Waals surface area contributed by atoms with Crippen molar-refractivity contribution in [3.8, 4) is 0 Å². The lowest BCUT2D eigenvalue weighted by Gasteiger charge is -2.25. The molecule has 2 rings (SSSR count). The van der Waals surface area contributed by atoms with Crippen LogP contribution in [0.15, 0.2) is 24.3 Å². The maximum absolute atomic E-state index is 12.6. The first-order chi connectivity index (χ1) is 9.56. The molecule has 1 N–H and O–H groups in total. The molecule has 0 saturated carbocycles. The number of esters is 1. The van der Waals surface area contributed by atoms with E-state index in [0.29, 0.717) is 11.3 Å². The average molecular weight is 279 g/mol. The molecule has 1 aromatic carbocycles. The van der Waals surface area contributed by atoms with Crippen molar-refractivity contribution in [3.63, 3.8) is 0 Å². The molecule has 1 aromatic rings. The SMILES string of the molecule is COCN1C(=O)C(CO)(COC(C)=O)c2ccccc21. The smallest absolute Gasteiger partial charge is 0.302 e. The Hall–Kier alpha value is -1.92. The van der Waals surface area contributed by atoms with Crippen molar-refractivity contribution in [3.05, 3.63) is 29.8 Å². The number of hydrogen-bond donors (Lipinski definition) is 1. The second-order valence-electron chi connectivity index (χ2n) is 4.69. The minimum atomic E-state index is -1.25. The zero-order chi connectivity index (χ0) is 14.8. The molecule has 0 saturated heterocycles. The van der Waals surface area contributed by atoms with Gasteiger partial charge in [-0.25, -0.2) is 0 Å². The van der Waals surface area contributed by atoms with Gasteiger partial charge in [0.1, 0.15) is 18.8 Å². The monoisotopic (exact) mass is 279 g/mol. The average Bonchev–Trinajstić information content (AvgIpc) is 2.68. The van der Waals surface area contributed by atoms with E-state index < -0.39 is 18.0 Å². The number of rotatable bonds is 5. The van der Waals surface area contributed by atoms with Gasteiger partial charge in [-0.3, -0.25) is 14.5 Å². The molecule has 1 heterocycles. The fourth-order valence-corrected chi connectivity index (χ4v) is 2.42. The molecule has 0 spiro atoms. The van der Waals surface area contributed by atoms with Gasteiger partial charge in [0.25, 0.3) is 0 Å². The topological polar surface area (TPSA) is 76.1 Å². The molecule has 6 nitrogen and oxygen atoms in total. The Kier molecular flexibility index (Phi) is 4.06. The van der Waals surface area contributed by atoms with E-state index in [-0.39, 0.29) is 19.2 Å². The van der Waals surface area contributed by atoms with Crippen LogP contribution in [0.3, 0.4) is 0 Å². The number of anilines is 1. The molecule has 108 valence electrons. The number of para-hydroxylation sites is 1. The van der Waals surface area contributed by atoms with Gasteiger partial charge in [-0.1, -0.05) is 18.2 Å². The number of methoxy groups -OCH3 is 1. The molecule has 0 aliphatic carbocycles. The molecular weight excluding hydrogens is 262 g/mol. The Morgan fingerprint density at radius 1 is 1.40 bits per heavy atom. The van der Waals surface area contributed by atoms with Crippen LogP contribution in [0.4, 0.5) is 5.69 Å². The molecule has 6 heteroatoms. The fraction of sp³-hybridized carbons (Fsp3) is 0.429. The summed E-state index contributed by atoms with van der Waals surface area (Å²) in [5.41, 5.74) is 0.0622. The molecule has 0 bridgehead atoms. The molecule has 0 fully saturated rings. The minimum absolute atomic E-state index is 0.0810. The van der Waals surface area contributed by atoms with Crippen molar-refractivity contribution in [2.45, 2.75) is 12.3 Å². The van der Waals surface area contributed by atoms with Crippen LogP contribution in [0.1, 0.15) is 12.5 Å². The van der Waals surface area contributed by atoms with E-state index in [0.717, 1.165) is 0 Å². The van der Waals surface area contributed by atoms with E-state index in [2.05, 4.69) is 0 Å². The van der Waals surface area contributed by atoms with Crippen LogP contribution in [0.2, 0.25) is 0 Å². The van der Waals surface area contributed by atoms with Crippen LogP contribution >= 0.6 is 0 Å². The first-order valence-corrected chi connectivity index (χ1v) is 6.21. The summed E-state index contributed by atoms with van der Waals surface area (Å²) < 4.78 is 10.0. The summed E-state index contributed by atoms with van der Waals surface area (Å²) in [4.78, 5) is 25.1. The maximum atomic E-state index is 12.6. The van der Waals surface area contributed by atoms with E-state index >= 15 is 0 Å². The number of ether oxygens (including phenoxy) is 2. The lowest BCUT2D eigenvalue weighted by molar-refractivity contribution is -0.145. The second-order valence-corrected chi connectivity index (χ2v) is 4.69. The van der Waals surface area contributed by atoms with E-state index in [1.165, 1.54) is 18.9 Å². The predicted molar refractivity (Wildman–Crippen MR) is 71.2 cm³/mol. The summed E-state index contributed by atoms with van der Waals surface area (Å²) in [5, 5.41) is 9.75. The Bertz CT molecular complexity index is 530. The van der Waals surface area contributed by atoms with Gasteiger partial charge in [0.15, 0.2) is 0 Å². The molecule has 0 aromatic heterocycles. The van der Waals surface area contributed by atoms with E-state index in [9.17, 15) is 14.7 Å². The summed E-state index contributed by atoms with van der Waals surface area (Å²) in [7, 11) is 1.49. The van der Waals surface area contributed by atoms with Crippen molar-refractivity contribution >= 4 is 17.6 Å². The number of nitrogens with zero attached hydrogens (tertiary/aromatic N) is 1. The van der Waals surface area contributed by atoms with Crippen LogP contribution < -0.4 is 4.90 Å². The Labute approximate surface area is 116 Å². The normalized spacial score (nSPS) is 20.9. The second kappa shape index (κ2) is 5.60. The Morgan fingerprint density at radius 2 is 2.10 bits per heavy atom. The van der Waals surface area contributed by atoms with E-state index in [1.54, 1.807) is 24.3 Å². The van der Waals surface area contributed by atoms with Gasteiger partial charge in [0.2, 0.25) is 5.91 Å². The Morgan fingerprint density at radius 3 is 2.70 bits per heavy atom. The zero-order valence-corrected chi connectivity index (χ0v) is 11.5. The van der Waals surface area contributed by atoms with Gasteiger partial charge >= 0.3 is 5.97 Å². The quantitative estimate of drug-likeness (QED) is 0.791. The fourth-order valence-electron chi connectivity index (χ4n) is 2.42. The van der Waals surface area contributed by atoms with Crippen molar-refractivity contribution in [1.82, 2.24) is 0 Å². The molecule has 1 aliphatic heterocycles. The highest BCUT2D eigenvalue weighted by molar-refractivity contribution is 6.08. The van der Waals surface area contributed by atoms with Crippen LogP contribution in [0.25, 0.3) is 0 Å². The highest BCUT2D eigenvalue weighted by atomic mass is 16.5. The molecule has 20 heavy (non-hydrogen) atoms. The summed E-state index contributed by atoms with van der Waals surface area (Å²) >= 11 is 0. The number of benzene rings is 1. The lowest BCUT2D eigenvalue weighted by atomic mass is 9.83. The van der Waals surface area contributed by atoms with Crippen molar-refractivity contribution < 1.29 is 24.2 Å². The molecular formula is C14H17NO5. The number of carbonyl (C=O) groups excluding carboxylic acids is 2. The number of carbonyl (C=O) groups is 2. The highest BCUT2D eigenvalue weighted by Crippen LogP contribution is 2.41. The number of fused-ring (bicyclic) bond motifs is 1. The van der Waals surface area contributed by atoms with E-state index in [4.69, 9.17) is 9.47 Å². The molecule has 1 unspecified atom stereocenters. The molecule has 1 aliphatic rings. The third-order valence-electron chi connectivity index (χ3n) is 3.41. The van der Waals surface area contributed by atoms with Crippen LogP contribution in [0.5, 0.6) is 0 Å². The van der Waals surface area contributed by atoms with Gasteiger partial charge in [-0.05, 0) is 11.6 Å². The van der Waals surface area contributed by atoms with Gasteiger partial charge in [0, 0.05) is 14.0 Å². The van der Waals surface area contributed by atoms with Crippen molar-refractivity contribution in [1.29, 1.82) is 0 Å².